The number of pyridine rings is 1. The summed E-state index contributed by atoms with van der Waals surface area (Å²) >= 11 is 3.45. The first kappa shape index (κ1) is 20.9. The van der Waals surface area contributed by atoms with Crippen LogP contribution in [0.1, 0.15) is 76.7 Å². The molecular weight excluding hydrogens is 366 g/mol. The fourth-order valence-corrected chi connectivity index (χ4v) is 3.22. The van der Waals surface area contributed by atoms with Crippen LogP contribution in [0.2, 0.25) is 0 Å². The van der Waals surface area contributed by atoms with Crippen LogP contribution in [0.4, 0.5) is 0 Å². The molecule has 0 spiro atoms. The van der Waals surface area contributed by atoms with E-state index in [9.17, 15) is 4.79 Å². The standard InChI is InChI=1S/C20H30BrNO2/c1-3-5-6-7-8-9-10-11-12-13-14-17-18(24-19(23)4-2)15-16-22-20(17)21/h4,15-16H,2-3,5-14H2,1H3. The number of hydrogen-bond acceptors (Lipinski definition) is 3. The Kier molecular flexibility index (Phi) is 11.5. The Labute approximate surface area is 155 Å². The summed E-state index contributed by atoms with van der Waals surface area (Å²) in [6.07, 6.45) is 16.7. The average molecular weight is 396 g/mol. The van der Waals surface area contributed by atoms with Gasteiger partial charge in [-0.25, -0.2) is 9.78 Å². The maximum atomic E-state index is 11.4. The molecule has 1 rings (SSSR count). The van der Waals surface area contributed by atoms with Gasteiger partial charge in [0.2, 0.25) is 0 Å². The highest BCUT2D eigenvalue weighted by molar-refractivity contribution is 9.10. The van der Waals surface area contributed by atoms with Gasteiger partial charge in [-0.2, -0.15) is 0 Å². The first-order chi connectivity index (χ1) is 11.7. The Morgan fingerprint density at radius 1 is 1.12 bits per heavy atom. The highest BCUT2D eigenvalue weighted by Crippen LogP contribution is 2.27. The molecule has 0 unspecified atom stereocenters. The molecule has 0 saturated carbocycles. The normalized spacial score (nSPS) is 10.6. The minimum absolute atomic E-state index is 0.433. The van der Waals surface area contributed by atoms with Gasteiger partial charge in [-0.05, 0) is 34.8 Å². The van der Waals surface area contributed by atoms with Gasteiger partial charge < -0.3 is 4.74 Å². The van der Waals surface area contributed by atoms with Gasteiger partial charge in [0.15, 0.2) is 0 Å². The monoisotopic (exact) mass is 395 g/mol. The molecule has 1 aromatic rings. The van der Waals surface area contributed by atoms with E-state index in [1.54, 1.807) is 12.3 Å². The summed E-state index contributed by atoms with van der Waals surface area (Å²) in [4.78, 5) is 15.6. The number of halogens is 1. The molecule has 4 heteroatoms. The molecule has 1 heterocycles. The molecule has 0 amide bonds. The number of carbonyl (C=O) groups excluding carboxylic acids is 1. The van der Waals surface area contributed by atoms with Crippen LogP contribution in [0, 0.1) is 0 Å². The summed E-state index contributed by atoms with van der Waals surface area (Å²) < 4.78 is 6.05. The third kappa shape index (κ3) is 8.62. The van der Waals surface area contributed by atoms with E-state index in [0.717, 1.165) is 23.0 Å². The minimum Gasteiger partial charge on any atom is -0.423 e. The van der Waals surface area contributed by atoms with Gasteiger partial charge in [0.05, 0.1) is 0 Å². The van der Waals surface area contributed by atoms with E-state index in [-0.39, 0.29) is 0 Å². The van der Waals surface area contributed by atoms with Crippen LogP contribution in [0.15, 0.2) is 29.5 Å². The van der Waals surface area contributed by atoms with Crippen molar-refractivity contribution < 1.29 is 9.53 Å². The number of unbranched alkanes of at least 4 members (excludes halogenated alkanes) is 9. The van der Waals surface area contributed by atoms with Crippen LogP contribution in [0.25, 0.3) is 0 Å². The second-order valence-corrected chi connectivity index (χ2v) is 6.89. The molecule has 0 aliphatic carbocycles. The summed E-state index contributed by atoms with van der Waals surface area (Å²) in [6.45, 7) is 5.69. The Morgan fingerprint density at radius 3 is 2.29 bits per heavy atom. The van der Waals surface area contributed by atoms with Crippen molar-refractivity contribution >= 4 is 21.9 Å². The molecule has 134 valence electrons. The van der Waals surface area contributed by atoms with Gasteiger partial charge in [0.25, 0.3) is 0 Å². The van der Waals surface area contributed by atoms with Gasteiger partial charge in [-0.3, -0.25) is 0 Å². The Balaban J connectivity index is 2.25. The van der Waals surface area contributed by atoms with Crippen LogP contribution >= 0.6 is 15.9 Å². The van der Waals surface area contributed by atoms with Gasteiger partial charge in [-0.1, -0.05) is 71.3 Å². The highest BCUT2D eigenvalue weighted by atomic mass is 79.9. The smallest absolute Gasteiger partial charge is 0.335 e. The maximum Gasteiger partial charge on any atom is 0.335 e. The highest BCUT2D eigenvalue weighted by Gasteiger charge is 2.11. The molecular formula is C20H30BrNO2. The van der Waals surface area contributed by atoms with Crippen molar-refractivity contribution in [2.45, 2.75) is 77.6 Å². The van der Waals surface area contributed by atoms with Crippen LogP contribution in [0.5, 0.6) is 5.75 Å². The zero-order chi connectivity index (χ0) is 17.6. The Morgan fingerprint density at radius 2 is 1.71 bits per heavy atom. The van der Waals surface area contributed by atoms with Crippen molar-refractivity contribution in [2.75, 3.05) is 0 Å². The van der Waals surface area contributed by atoms with Gasteiger partial charge in [-0.15, -0.1) is 0 Å². The number of rotatable bonds is 13. The summed E-state index contributed by atoms with van der Waals surface area (Å²) in [7, 11) is 0. The quantitative estimate of drug-likeness (QED) is 0.168. The number of hydrogen-bond donors (Lipinski definition) is 0. The number of carbonyl (C=O) groups is 1. The van der Waals surface area contributed by atoms with Crippen molar-refractivity contribution in [2.24, 2.45) is 0 Å². The van der Waals surface area contributed by atoms with Gasteiger partial charge >= 0.3 is 5.97 Å². The predicted molar refractivity (Wildman–Crippen MR) is 103 cm³/mol. The Bertz CT molecular complexity index is 502. The van der Waals surface area contributed by atoms with Gasteiger partial charge in [0, 0.05) is 17.8 Å². The molecule has 0 N–H and O–H groups in total. The first-order valence-corrected chi connectivity index (χ1v) is 9.96. The molecule has 1 aromatic heterocycles. The zero-order valence-electron chi connectivity index (χ0n) is 14.9. The van der Waals surface area contributed by atoms with E-state index in [0.29, 0.717) is 5.75 Å². The largest absolute Gasteiger partial charge is 0.423 e. The number of ether oxygens (including phenoxy) is 1. The molecule has 0 fully saturated rings. The zero-order valence-corrected chi connectivity index (χ0v) is 16.4. The molecule has 24 heavy (non-hydrogen) atoms. The summed E-state index contributed by atoms with van der Waals surface area (Å²) in [5, 5.41) is 0. The van der Waals surface area contributed by atoms with Crippen molar-refractivity contribution in [3.8, 4) is 5.75 Å². The third-order valence-electron chi connectivity index (χ3n) is 4.12. The number of esters is 1. The Hall–Kier alpha value is -1.16. The van der Waals surface area contributed by atoms with E-state index >= 15 is 0 Å². The van der Waals surface area contributed by atoms with Crippen LogP contribution in [-0.2, 0) is 11.2 Å². The van der Waals surface area contributed by atoms with Gasteiger partial charge in [0.1, 0.15) is 10.4 Å². The molecule has 0 radical (unpaired) electrons. The summed E-state index contributed by atoms with van der Waals surface area (Å²) in [5.41, 5.74) is 0.965. The summed E-state index contributed by atoms with van der Waals surface area (Å²) in [6, 6.07) is 1.73. The van der Waals surface area contributed by atoms with E-state index in [1.165, 1.54) is 63.9 Å². The SMILES string of the molecule is C=CC(=O)Oc1ccnc(Br)c1CCCCCCCCCCCC. The fourth-order valence-electron chi connectivity index (χ4n) is 2.71. The van der Waals surface area contributed by atoms with Crippen LogP contribution in [0.3, 0.4) is 0 Å². The van der Waals surface area contributed by atoms with Crippen molar-refractivity contribution in [1.29, 1.82) is 0 Å². The molecule has 0 aliphatic heterocycles. The lowest BCUT2D eigenvalue weighted by atomic mass is 10.0. The van der Waals surface area contributed by atoms with Crippen LogP contribution < -0.4 is 4.74 Å². The third-order valence-corrected chi connectivity index (χ3v) is 4.80. The van der Waals surface area contributed by atoms with Crippen molar-refractivity contribution in [3.63, 3.8) is 0 Å². The molecule has 0 bridgehead atoms. The topological polar surface area (TPSA) is 39.2 Å². The number of nitrogens with zero attached hydrogens (tertiary/aromatic N) is 1. The first-order valence-electron chi connectivity index (χ1n) is 9.16. The van der Waals surface area contributed by atoms with Crippen molar-refractivity contribution in [3.05, 3.63) is 35.1 Å². The average Bonchev–Trinajstić information content (AvgIpc) is 2.58. The molecule has 0 aliphatic rings. The maximum absolute atomic E-state index is 11.4. The minimum atomic E-state index is -0.433. The van der Waals surface area contributed by atoms with E-state index in [2.05, 4.69) is 34.4 Å². The lowest BCUT2D eigenvalue weighted by molar-refractivity contribution is -0.129. The molecule has 0 aromatic carbocycles. The fraction of sp³-hybridized carbons (Fsp3) is 0.600. The van der Waals surface area contributed by atoms with Crippen LogP contribution in [-0.4, -0.2) is 11.0 Å². The predicted octanol–water partition coefficient (Wildman–Crippen LogP) is 6.40. The molecule has 0 atom stereocenters. The second-order valence-electron chi connectivity index (χ2n) is 6.14. The van der Waals surface area contributed by atoms with E-state index in [4.69, 9.17) is 4.74 Å². The van der Waals surface area contributed by atoms with E-state index < -0.39 is 5.97 Å². The lowest BCUT2D eigenvalue weighted by Crippen LogP contribution is -2.06. The molecule has 3 nitrogen and oxygen atoms in total. The van der Waals surface area contributed by atoms with Crippen molar-refractivity contribution in [1.82, 2.24) is 4.98 Å². The second kappa shape index (κ2) is 13.2. The lowest BCUT2D eigenvalue weighted by Gasteiger charge is -2.10. The number of aromatic nitrogens is 1. The van der Waals surface area contributed by atoms with E-state index in [1.807, 2.05) is 0 Å². The summed E-state index contributed by atoms with van der Waals surface area (Å²) in [5.74, 6) is 0.148. The molecule has 0 saturated heterocycles.